The molecule has 0 amide bonds. The third-order valence-electron chi connectivity index (χ3n) is 7.93. The summed E-state index contributed by atoms with van der Waals surface area (Å²) >= 11 is 0. The first-order valence-electron chi connectivity index (χ1n) is 14.1. The number of anilines is 3. The molecule has 3 heterocycles. The molecule has 4 aromatic carbocycles. The highest BCUT2D eigenvalue weighted by atomic mass is 16.5. The van der Waals surface area contributed by atoms with Crippen LogP contribution < -0.4 is 19.4 Å². The van der Waals surface area contributed by atoms with E-state index in [1.165, 1.54) is 0 Å². The molecule has 0 aliphatic carbocycles. The number of nitrogens with zero attached hydrogens (tertiary/aromatic N) is 4. The van der Waals surface area contributed by atoms with Crippen LogP contribution in [0.25, 0.3) is 17.8 Å². The molecule has 2 aliphatic heterocycles. The number of aryl methyl sites for hydroxylation is 1. The molecule has 42 heavy (non-hydrogen) atoms. The third-order valence-corrected chi connectivity index (χ3v) is 7.93. The minimum Gasteiger partial charge on any atom is -0.459 e. The van der Waals surface area contributed by atoms with Crippen LogP contribution in [0.3, 0.4) is 0 Å². The zero-order valence-corrected chi connectivity index (χ0v) is 23.9. The summed E-state index contributed by atoms with van der Waals surface area (Å²) in [6.07, 6.45) is 6.27. The molecular weight excluding hydrogens is 520 g/mol. The standard InChI is InChI=1S/C36H32N4O2/c1-26-35(34(42-37-26)23-20-27-18-21-30(22-19-27)38(2)3)39-24-32(28-12-6-4-7-13-28)40-31-16-10-11-17-33(31)41-36(40,25-39)29-14-8-5-9-15-29/h4-24H,25H2,1-3H3/b23-20+. The summed E-state index contributed by atoms with van der Waals surface area (Å²) in [5.41, 5.74) is 7.40. The van der Waals surface area contributed by atoms with Gasteiger partial charge in [-0.15, -0.1) is 0 Å². The Hall–Kier alpha value is -5.23. The molecule has 1 aromatic heterocycles. The van der Waals surface area contributed by atoms with E-state index in [9.17, 15) is 0 Å². The average Bonchev–Trinajstić information content (AvgIpc) is 3.58. The van der Waals surface area contributed by atoms with Crippen molar-refractivity contribution in [1.82, 2.24) is 5.16 Å². The van der Waals surface area contributed by atoms with Crippen molar-refractivity contribution in [2.75, 3.05) is 35.3 Å². The number of benzene rings is 4. The van der Waals surface area contributed by atoms with Gasteiger partial charge in [0.15, 0.2) is 5.76 Å². The molecule has 0 saturated heterocycles. The average molecular weight is 553 g/mol. The predicted octanol–water partition coefficient (Wildman–Crippen LogP) is 7.79. The van der Waals surface area contributed by atoms with E-state index in [0.29, 0.717) is 12.3 Å². The fourth-order valence-corrected chi connectivity index (χ4v) is 5.89. The molecule has 0 saturated carbocycles. The van der Waals surface area contributed by atoms with E-state index in [1.807, 2.05) is 51.4 Å². The molecule has 5 aromatic rings. The fraction of sp³-hybridized carbons (Fsp3) is 0.139. The molecule has 2 aliphatic rings. The SMILES string of the molecule is Cc1noc(/C=C/c2ccc(N(C)C)cc2)c1N1C=C(c2ccccc2)N2c3ccccc3OC2(c2ccccc2)C1. The van der Waals surface area contributed by atoms with Gasteiger partial charge < -0.3 is 19.1 Å². The van der Waals surface area contributed by atoms with E-state index in [1.54, 1.807) is 0 Å². The first-order valence-corrected chi connectivity index (χ1v) is 14.1. The number of ether oxygens (including phenoxy) is 1. The molecule has 0 spiro atoms. The quantitative estimate of drug-likeness (QED) is 0.214. The van der Waals surface area contributed by atoms with E-state index < -0.39 is 5.72 Å². The lowest BCUT2D eigenvalue weighted by Gasteiger charge is -2.46. The lowest BCUT2D eigenvalue weighted by atomic mass is 9.95. The monoisotopic (exact) mass is 552 g/mol. The molecule has 1 unspecified atom stereocenters. The summed E-state index contributed by atoms with van der Waals surface area (Å²) in [7, 11) is 4.08. The highest BCUT2D eigenvalue weighted by molar-refractivity contribution is 5.89. The normalized spacial score (nSPS) is 17.5. The Morgan fingerprint density at radius 2 is 1.50 bits per heavy atom. The number of hydrogen-bond acceptors (Lipinski definition) is 6. The Morgan fingerprint density at radius 3 is 2.24 bits per heavy atom. The summed E-state index contributed by atoms with van der Waals surface area (Å²) in [4.78, 5) is 6.67. The smallest absolute Gasteiger partial charge is 0.231 e. The van der Waals surface area contributed by atoms with Crippen molar-refractivity contribution >= 4 is 34.9 Å². The second-order valence-corrected chi connectivity index (χ2v) is 10.9. The van der Waals surface area contributed by atoms with Gasteiger partial charge >= 0.3 is 0 Å². The van der Waals surface area contributed by atoms with Crippen molar-refractivity contribution in [2.24, 2.45) is 0 Å². The molecule has 7 rings (SSSR count). The van der Waals surface area contributed by atoms with Gasteiger partial charge in [0.1, 0.15) is 17.1 Å². The Kier molecular flexibility index (Phi) is 6.31. The Bertz CT molecular complexity index is 1770. The first-order chi connectivity index (χ1) is 20.5. The summed E-state index contributed by atoms with van der Waals surface area (Å²) in [6, 6.07) is 37.6. The van der Waals surface area contributed by atoms with Gasteiger partial charge in [0.25, 0.3) is 0 Å². The van der Waals surface area contributed by atoms with Crippen LogP contribution in [0.2, 0.25) is 0 Å². The second-order valence-electron chi connectivity index (χ2n) is 10.9. The van der Waals surface area contributed by atoms with E-state index >= 15 is 0 Å². The topological polar surface area (TPSA) is 45.0 Å². The van der Waals surface area contributed by atoms with E-state index in [0.717, 1.165) is 50.9 Å². The number of para-hydroxylation sites is 2. The number of hydrogen-bond donors (Lipinski definition) is 0. The molecule has 6 heteroatoms. The highest BCUT2D eigenvalue weighted by Gasteiger charge is 2.53. The first kappa shape index (κ1) is 25.7. The van der Waals surface area contributed by atoms with Crippen molar-refractivity contribution in [2.45, 2.75) is 12.6 Å². The van der Waals surface area contributed by atoms with E-state index in [2.05, 4.69) is 117 Å². The van der Waals surface area contributed by atoms with Gasteiger partial charge in [-0.3, -0.25) is 4.90 Å². The van der Waals surface area contributed by atoms with E-state index in [-0.39, 0.29) is 0 Å². The Morgan fingerprint density at radius 1 is 0.810 bits per heavy atom. The van der Waals surface area contributed by atoms with Crippen LogP contribution in [0.1, 0.15) is 28.1 Å². The van der Waals surface area contributed by atoms with Gasteiger partial charge in [-0.2, -0.15) is 0 Å². The third kappa shape index (κ3) is 4.32. The van der Waals surface area contributed by atoms with Crippen LogP contribution in [-0.4, -0.2) is 25.8 Å². The van der Waals surface area contributed by atoms with Crippen molar-refractivity contribution in [3.8, 4) is 5.75 Å². The van der Waals surface area contributed by atoms with Crippen molar-refractivity contribution in [1.29, 1.82) is 0 Å². The van der Waals surface area contributed by atoms with Crippen LogP contribution >= 0.6 is 0 Å². The summed E-state index contributed by atoms with van der Waals surface area (Å²) in [5.74, 6) is 1.55. The van der Waals surface area contributed by atoms with Crippen LogP contribution in [-0.2, 0) is 5.72 Å². The number of rotatable bonds is 6. The summed E-state index contributed by atoms with van der Waals surface area (Å²) in [5, 5.41) is 4.40. The fourth-order valence-electron chi connectivity index (χ4n) is 5.89. The molecule has 208 valence electrons. The minimum absolute atomic E-state index is 0.530. The van der Waals surface area contributed by atoms with Gasteiger partial charge in [-0.25, -0.2) is 0 Å². The lowest BCUT2D eigenvalue weighted by Crippen LogP contribution is -2.56. The molecule has 1 atom stereocenters. The van der Waals surface area contributed by atoms with Crippen molar-refractivity contribution in [3.05, 3.63) is 144 Å². The Balaban J connectivity index is 1.37. The van der Waals surface area contributed by atoms with Crippen LogP contribution in [0.5, 0.6) is 5.75 Å². The highest BCUT2D eigenvalue weighted by Crippen LogP contribution is 2.54. The largest absolute Gasteiger partial charge is 0.459 e. The minimum atomic E-state index is -0.808. The maximum Gasteiger partial charge on any atom is 0.231 e. The van der Waals surface area contributed by atoms with Gasteiger partial charge in [-0.1, -0.05) is 96.2 Å². The summed E-state index contributed by atoms with van der Waals surface area (Å²) < 4.78 is 12.9. The molecule has 0 radical (unpaired) electrons. The van der Waals surface area contributed by atoms with Crippen LogP contribution in [0.4, 0.5) is 17.1 Å². The molecular formula is C36H32N4O2. The predicted molar refractivity (Wildman–Crippen MR) is 170 cm³/mol. The van der Waals surface area contributed by atoms with Gasteiger partial charge in [0.2, 0.25) is 5.72 Å². The molecule has 0 fully saturated rings. The van der Waals surface area contributed by atoms with Gasteiger partial charge in [-0.05, 0) is 48.4 Å². The molecule has 6 nitrogen and oxygen atoms in total. The molecule has 0 N–H and O–H groups in total. The lowest BCUT2D eigenvalue weighted by molar-refractivity contribution is 0.103. The van der Waals surface area contributed by atoms with Crippen LogP contribution in [0.15, 0.2) is 120 Å². The zero-order valence-electron chi connectivity index (χ0n) is 23.9. The number of fused-ring (bicyclic) bond motifs is 3. The van der Waals surface area contributed by atoms with Gasteiger partial charge in [0.05, 0.1) is 17.9 Å². The number of aromatic nitrogens is 1. The molecule has 0 bridgehead atoms. The maximum atomic E-state index is 6.97. The maximum absolute atomic E-state index is 6.97. The van der Waals surface area contributed by atoms with Crippen molar-refractivity contribution < 1.29 is 9.26 Å². The van der Waals surface area contributed by atoms with Gasteiger partial charge in [0, 0.05) is 31.5 Å². The zero-order chi connectivity index (χ0) is 28.7. The van der Waals surface area contributed by atoms with E-state index in [4.69, 9.17) is 9.26 Å². The van der Waals surface area contributed by atoms with Crippen LogP contribution in [0, 0.1) is 6.92 Å². The summed E-state index contributed by atoms with van der Waals surface area (Å²) in [6.45, 7) is 2.52. The second kappa shape index (κ2) is 10.3. The Labute approximate surface area is 246 Å². The van der Waals surface area contributed by atoms with Crippen molar-refractivity contribution in [3.63, 3.8) is 0 Å².